The molecule has 3 aliphatic rings. The van der Waals surface area contributed by atoms with Crippen LogP contribution < -0.4 is 5.32 Å². The van der Waals surface area contributed by atoms with E-state index in [1.54, 1.807) is 0 Å². The molecule has 4 amide bonds. The van der Waals surface area contributed by atoms with Gasteiger partial charge in [0.15, 0.2) is 0 Å². The third kappa shape index (κ3) is 3.89. The van der Waals surface area contributed by atoms with Gasteiger partial charge in [0.05, 0.1) is 0 Å². The topological polar surface area (TPSA) is 69.7 Å². The lowest BCUT2D eigenvalue weighted by Gasteiger charge is -2.43. The minimum atomic E-state index is -0.825. The number of carbonyl (C=O) groups excluding carboxylic acids is 3. The Kier molecular flexibility index (Phi) is 5.31. The summed E-state index contributed by atoms with van der Waals surface area (Å²) in [6.45, 7) is 7.78. The molecule has 1 aliphatic carbocycles. The second-order valence-electron chi connectivity index (χ2n) is 9.41. The number of nitrogens with zero attached hydrogens (tertiary/aromatic N) is 2. The zero-order valence-electron chi connectivity index (χ0n) is 16.5. The molecule has 3 fully saturated rings. The molecule has 0 bridgehead atoms. The SMILES string of the molecule is C[C@H]1CC(C)(C)C[C@@]2(C1)NC(=O)N(CC(=O)N1CCCCCCC1)C2=O. The van der Waals surface area contributed by atoms with E-state index >= 15 is 0 Å². The number of likely N-dealkylation sites (tertiary alicyclic amines) is 1. The molecule has 0 aromatic carbocycles. The Labute approximate surface area is 156 Å². The summed E-state index contributed by atoms with van der Waals surface area (Å²) in [6.07, 6.45) is 7.86. The number of nitrogens with one attached hydrogen (secondary N) is 1. The van der Waals surface area contributed by atoms with E-state index in [4.69, 9.17) is 0 Å². The highest BCUT2D eigenvalue weighted by molar-refractivity contribution is 6.09. The first-order chi connectivity index (χ1) is 12.2. The summed E-state index contributed by atoms with van der Waals surface area (Å²) in [5, 5.41) is 2.95. The van der Waals surface area contributed by atoms with E-state index < -0.39 is 11.6 Å². The van der Waals surface area contributed by atoms with E-state index in [0.717, 1.165) is 50.1 Å². The van der Waals surface area contributed by atoms with Crippen LogP contribution in [0.2, 0.25) is 0 Å². The number of rotatable bonds is 2. The minimum Gasteiger partial charge on any atom is -0.341 e. The largest absolute Gasteiger partial charge is 0.341 e. The summed E-state index contributed by atoms with van der Waals surface area (Å²) < 4.78 is 0. The van der Waals surface area contributed by atoms with Gasteiger partial charge in [0.25, 0.3) is 5.91 Å². The highest BCUT2D eigenvalue weighted by Crippen LogP contribution is 2.46. The highest BCUT2D eigenvalue weighted by atomic mass is 16.2. The first-order valence-corrected chi connectivity index (χ1v) is 10.1. The van der Waals surface area contributed by atoms with E-state index in [0.29, 0.717) is 18.8 Å². The predicted octanol–water partition coefficient (Wildman–Crippen LogP) is 2.92. The molecule has 1 saturated carbocycles. The molecular formula is C20H33N3O3. The normalized spacial score (nSPS) is 32.3. The van der Waals surface area contributed by atoms with Crippen LogP contribution in [0, 0.1) is 11.3 Å². The standard InChI is InChI=1S/C20H33N3O3/c1-15-11-19(2,3)14-20(12-15)17(25)23(18(26)21-20)13-16(24)22-9-7-5-4-6-8-10-22/h15H,4-14H2,1-3H3,(H,21,26)/t15-,20+/m0/s1. The van der Waals surface area contributed by atoms with E-state index in [1.165, 1.54) is 6.42 Å². The number of carbonyl (C=O) groups is 3. The first kappa shape index (κ1) is 19.2. The molecule has 0 unspecified atom stereocenters. The van der Waals surface area contributed by atoms with Crippen LogP contribution in [-0.4, -0.2) is 52.8 Å². The fraction of sp³-hybridized carbons (Fsp3) is 0.850. The van der Waals surface area contributed by atoms with Crippen LogP contribution in [0.25, 0.3) is 0 Å². The minimum absolute atomic E-state index is 0.00363. The Balaban J connectivity index is 1.70. The fourth-order valence-electron chi connectivity index (χ4n) is 5.38. The van der Waals surface area contributed by atoms with Crippen LogP contribution in [-0.2, 0) is 9.59 Å². The van der Waals surface area contributed by atoms with Crippen LogP contribution in [0.3, 0.4) is 0 Å². The van der Waals surface area contributed by atoms with Gasteiger partial charge in [-0.25, -0.2) is 4.79 Å². The summed E-state index contributed by atoms with van der Waals surface area (Å²) >= 11 is 0. The molecule has 2 aliphatic heterocycles. The lowest BCUT2D eigenvalue weighted by Crippen LogP contribution is -2.54. The second kappa shape index (κ2) is 7.20. The summed E-state index contributed by atoms with van der Waals surface area (Å²) in [5.41, 5.74) is -0.821. The Bertz CT molecular complexity index is 581. The van der Waals surface area contributed by atoms with Crippen LogP contribution in [0.4, 0.5) is 4.79 Å². The van der Waals surface area contributed by atoms with Crippen molar-refractivity contribution < 1.29 is 14.4 Å². The van der Waals surface area contributed by atoms with Gasteiger partial charge >= 0.3 is 6.03 Å². The van der Waals surface area contributed by atoms with Crippen LogP contribution >= 0.6 is 0 Å². The third-order valence-electron chi connectivity index (χ3n) is 6.13. The van der Waals surface area contributed by atoms with Gasteiger partial charge in [-0.15, -0.1) is 0 Å². The molecule has 0 radical (unpaired) electrons. The first-order valence-electron chi connectivity index (χ1n) is 10.1. The summed E-state index contributed by atoms with van der Waals surface area (Å²) in [4.78, 5) is 41.4. The van der Waals surface area contributed by atoms with Crippen molar-refractivity contribution in [3.8, 4) is 0 Å². The van der Waals surface area contributed by atoms with E-state index in [-0.39, 0.29) is 23.8 Å². The lowest BCUT2D eigenvalue weighted by molar-refractivity contribution is -0.141. The van der Waals surface area contributed by atoms with E-state index in [1.807, 2.05) is 4.90 Å². The van der Waals surface area contributed by atoms with Crippen molar-refractivity contribution in [1.82, 2.24) is 15.1 Å². The molecule has 1 spiro atoms. The summed E-state index contributed by atoms with van der Waals surface area (Å²) in [7, 11) is 0. The van der Waals surface area contributed by atoms with E-state index in [2.05, 4.69) is 26.1 Å². The molecule has 2 heterocycles. The van der Waals surface area contributed by atoms with Crippen molar-refractivity contribution in [2.45, 2.75) is 77.7 Å². The molecular weight excluding hydrogens is 330 g/mol. The number of imide groups is 1. The monoisotopic (exact) mass is 363 g/mol. The van der Waals surface area contributed by atoms with Crippen molar-refractivity contribution in [3.63, 3.8) is 0 Å². The Morgan fingerprint density at radius 1 is 1.08 bits per heavy atom. The smallest absolute Gasteiger partial charge is 0.325 e. The van der Waals surface area contributed by atoms with Crippen LogP contribution in [0.5, 0.6) is 0 Å². The molecule has 146 valence electrons. The molecule has 2 saturated heterocycles. The molecule has 1 N–H and O–H groups in total. The second-order valence-corrected chi connectivity index (χ2v) is 9.41. The molecule has 26 heavy (non-hydrogen) atoms. The number of hydrogen-bond donors (Lipinski definition) is 1. The molecule has 6 heteroatoms. The van der Waals surface area contributed by atoms with Crippen molar-refractivity contribution in [3.05, 3.63) is 0 Å². The van der Waals surface area contributed by atoms with Crippen LogP contribution in [0.1, 0.15) is 72.1 Å². The molecule has 6 nitrogen and oxygen atoms in total. The quantitative estimate of drug-likeness (QED) is 0.767. The van der Waals surface area contributed by atoms with Gasteiger partial charge in [-0.2, -0.15) is 0 Å². The maximum atomic E-state index is 13.1. The lowest BCUT2D eigenvalue weighted by atomic mass is 9.64. The van der Waals surface area contributed by atoms with Crippen molar-refractivity contribution in [2.75, 3.05) is 19.6 Å². The van der Waals surface area contributed by atoms with Gasteiger partial charge in [-0.1, -0.05) is 40.0 Å². The van der Waals surface area contributed by atoms with Gasteiger partial charge in [0, 0.05) is 13.1 Å². The predicted molar refractivity (Wildman–Crippen MR) is 99.4 cm³/mol. The molecule has 0 aromatic heterocycles. The summed E-state index contributed by atoms with van der Waals surface area (Å²) in [6, 6.07) is -0.403. The highest BCUT2D eigenvalue weighted by Gasteiger charge is 2.56. The van der Waals surface area contributed by atoms with Crippen molar-refractivity contribution >= 4 is 17.8 Å². The van der Waals surface area contributed by atoms with Gasteiger partial charge in [-0.3, -0.25) is 14.5 Å². The Morgan fingerprint density at radius 2 is 1.69 bits per heavy atom. The van der Waals surface area contributed by atoms with E-state index in [9.17, 15) is 14.4 Å². The number of urea groups is 1. The van der Waals surface area contributed by atoms with Crippen molar-refractivity contribution in [1.29, 1.82) is 0 Å². The maximum Gasteiger partial charge on any atom is 0.325 e. The van der Waals surface area contributed by atoms with Gasteiger partial charge < -0.3 is 10.2 Å². The Hall–Kier alpha value is -1.59. The molecule has 3 rings (SSSR count). The fourth-order valence-corrected chi connectivity index (χ4v) is 5.38. The van der Waals surface area contributed by atoms with Gasteiger partial charge in [-0.05, 0) is 43.4 Å². The maximum absolute atomic E-state index is 13.1. The van der Waals surface area contributed by atoms with Crippen LogP contribution in [0.15, 0.2) is 0 Å². The van der Waals surface area contributed by atoms with Crippen molar-refractivity contribution in [2.24, 2.45) is 11.3 Å². The summed E-state index contributed by atoms with van der Waals surface area (Å²) in [5.74, 6) is 0.0612. The Morgan fingerprint density at radius 3 is 2.31 bits per heavy atom. The third-order valence-corrected chi connectivity index (χ3v) is 6.13. The van der Waals surface area contributed by atoms with Gasteiger partial charge in [0.1, 0.15) is 12.1 Å². The molecule has 2 atom stereocenters. The zero-order valence-corrected chi connectivity index (χ0v) is 16.5. The number of amides is 4. The molecule has 0 aromatic rings. The van der Waals surface area contributed by atoms with Gasteiger partial charge in [0.2, 0.25) is 5.91 Å². The zero-order chi connectivity index (χ0) is 18.9. The number of hydrogen-bond acceptors (Lipinski definition) is 3. The average molecular weight is 364 g/mol. The average Bonchev–Trinajstić information content (AvgIpc) is 2.68.